The molecule has 1 amide bonds. The van der Waals surface area contributed by atoms with Gasteiger partial charge in [0.15, 0.2) is 10.9 Å². The molecule has 0 aliphatic rings. The number of amides is 1. The van der Waals surface area contributed by atoms with Crippen LogP contribution in [0.25, 0.3) is 17.3 Å². The van der Waals surface area contributed by atoms with Crippen LogP contribution < -0.4 is 14.8 Å². The summed E-state index contributed by atoms with van der Waals surface area (Å²) in [5.74, 6) is 0.791. The van der Waals surface area contributed by atoms with E-state index in [9.17, 15) is 9.59 Å². The second-order valence-electron chi connectivity index (χ2n) is 6.88. The largest absolute Gasteiger partial charge is 0.497 e. The van der Waals surface area contributed by atoms with Crippen LogP contribution in [0.15, 0.2) is 70.4 Å². The Hall–Kier alpha value is -4.25. The molecule has 2 aromatic carbocycles. The molecule has 0 unspecified atom stereocenters. The Labute approximate surface area is 198 Å². The number of benzene rings is 2. The zero-order chi connectivity index (χ0) is 24.1. The zero-order valence-electron chi connectivity index (χ0n) is 18.2. The van der Waals surface area contributed by atoms with Gasteiger partial charge in [-0.3, -0.25) is 9.36 Å². The van der Waals surface area contributed by atoms with Gasteiger partial charge in [-0.15, -0.1) is 10.2 Å². The lowest BCUT2D eigenvalue weighted by Gasteiger charge is -2.14. The Kier molecular flexibility index (Phi) is 6.83. The van der Waals surface area contributed by atoms with Crippen molar-refractivity contribution in [1.29, 1.82) is 0 Å². The molecule has 0 spiro atoms. The predicted octanol–water partition coefficient (Wildman–Crippen LogP) is 3.97. The van der Waals surface area contributed by atoms with E-state index in [1.165, 1.54) is 42.3 Å². The number of aromatic nitrogens is 3. The number of aromatic carboxylic acids is 1. The van der Waals surface area contributed by atoms with Crippen LogP contribution in [0.4, 0.5) is 5.69 Å². The minimum Gasteiger partial charge on any atom is -0.497 e. The lowest BCUT2D eigenvalue weighted by Crippen LogP contribution is -2.14. The van der Waals surface area contributed by atoms with Crippen molar-refractivity contribution in [2.24, 2.45) is 0 Å². The summed E-state index contributed by atoms with van der Waals surface area (Å²) in [4.78, 5) is 23.5. The van der Waals surface area contributed by atoms with Crippen molar-refractivity contribution in [3.63, 3.8) is 0 Å². The molecule has 2 aromatic heterocycles. The van der Waals surface area contributed by atoms with E-state index in [1.807, 2.05) is 0 Å². The lowest BCUT2D eigenvalue weighted by atomic mass is 10.2. The maximum Gasteiger partial charge on any atom is 0.335 e. The Morgan fingerprint density at radius 1 is 1.09 bits per heavy atom. The zero-order valence-corrected chi connectivity index (χ0v) is 19.0. The van der Waals surface area contributed by atoms with Gasteiger partial charge in [0.25, 0.3) is 0 Å². The third-order valence-corrected chi connectivity index (χ3v) is 5.68. The van der Waals surface area contributed by atoms with Crippen LogP contribution in [0.5, 0.6) is 11.5 Å². The highest BCUT2D eigenvalue weighted by Gasteiger charge is 2.22. The number of furan rings is 1. The summed E-state index contributed by atoms with van der Waals surface area (Å²) in [5, 5.41) is 20.7. The summed E-state index contributed by atoms with van der Waals surface area (Å²) in [7, 11) is 3.12. The predicted molar refractivity (Wildman–Crippen MR) is 125 cm³/mol. The SMILES string of the molecule is COc1ccc(OC)c(-n2c(SCC(=O)Nc3ccc(C(=O)O)cc3)nnc2-c2ccco2)c1. The van der Waals surface area contributed by atoms with Crippen LogP contribution in [0.1, 0.15) is 10.4 Å². The first-order valence-corrected chi connectivity index (χ1v) is 11.0. The molecule has 174 valence electrons. The van der Waals surface area contributed by atoms with Gasteiger partial charge in [0.1, 0.15) is 11.5 Å². The van der Waals surface area contributed by atoms with Crippen molar-refractivity contribution in [2.75, 3.05) is 25.3 Å². The fourth-order valence-electron chi connectivity index (χ4n) is 3.14. The lowest BCUT2D eigenvalue weighted by molar-refractivity contribution is -0.113. The van der Waals surface area contributed by atoms with E-state index < -0.39 is 5.97 Å². The number of hydrogen-bond acceptors (Lipinski definition) is 8. The second kappa shape index (κ2) is 10.1. The van der Waals surface area contributed by atoms with Gasteiger partial charge in [-0.05, 0) is 48.5 Å². The molecule has 0 fully saturated rings. The van der Waals surface area contributed by atoms with Crippen LogP contribution in [0.3, 0.4) is 0 Å². The third kappa shape index (κ3) is 4.89. The average Bonchev–Trinajstić information content (AvgIpc) is 3.52. The Morgan fingerprint density at radius 2 is 1.88 bits per heavy atom. The summed E-state index contributed by atoms with van der Waals surface area (Å²) in [6.45, 7) is 0. The average molecular weight is 481 g/mol. The van der Waals surface area contributed by atoms with E-state index in [2.05, 4.69) is 15.5 Å². The van der Waals surface area contributed by atoms with Gasteiger partial charge in [-0.25, -0.2) is 4.79 Å². The number of rotatable bonds is 9. The topological polar surface area (TPSA) is 129 Å². The van der Waals surface area contributed by atoms with Crippen molar-refractivity contribution < 1.29 is 28.6 Å². The van der Waals surface area contributed by atoms with Crippen LogP contribution in [0.2, 0.25) is 0 Å². The summed E-state index contributed by atoms with van der Waals surface area (Å²) in [5.41, 5.74) is 1.24. The van der Waals surface area contributed by atoms with Gasteiger partial charge < -0.3 is 24.3 Å². The van der Waals surface area contributed by atoms with Crippen molar-refractivity contribution in [3.05, 3.63) is 66.4 Å². The second-order valence-corrected chi connectivity index (χ2v) is 7.82. The number of ether oxygens (including phenoxy) is 2. The summed E-state index contributed by atoms with van der Waals surface area (Å²) >= 11 is 1.17. The van der Waals surface area contributed by atoms with Gasteiger partial charge in [0.05, 0.1) is 37.5 Å². The Bertz CT molecular complexity index is 1300. The van der Waals surface area contributed by atoms with Crippen molar-refractivity contribution in [1.82, 2.24) is 14.8 Å². The van der Waals surface area contributed by atoms with Crippen LogP contribution in [0, 0.1) is 0 Å². The van der Waals surface area contributed by atoms with Gasteiger partial charge in [0, 0.05) is 11.8 Å². The van der Waals surface area contributed by atoms with E-state index in [0.29, 0.717) is 39.6 Å². The van der Waals surface area contributed by atoms with Crippen molar-refractivity contribution in [2.45, 2.75) is 5.16 Å². The minimum atomic E-state index is -1.03. The van der Waals surface area contributed by atoms with Gasteiger partial charge >= 0.3 is 5.97 Å². The first kappa shape index (κ1) is 22.9. The highest BCUT2D eigenvalue weighted by atomic mass is 32.2. The fourth-order valence-corrected chi connectivity index (χ4v) is 3.89. The number of thioether (sulfide) groups is 1. The van der Waals surface area contributed by atoms with Gasteiger partial charge in [0.2, 0.25) is 11.7 Å². The molecule has 0 radical (unpaired) electrons. The first-order chi connectivity index (χ1) is 16.5. The molecular formula is C23H20N4O6S. The Morgan fingerprint density at radius 3 is 2.53 bits per heavy atom. The molecule has 0 bridgehead atoms. The third-order valence-electron chi connectivity index (χ3n) is 4.75. The van der Waals surface area contributed by atoms with Crippen molar-refractivity contribution >= 4 is 29.3 Å². The Balaban J connectivity index is 1.60. The molecular weight excluding hydrogens is 460 g/mol. The smallest absolute Gasteiger partial charge is 0.335 e. The van der Waals surface area contributed by atoms with E-state index >= 15 is 0 Å². The monoisotopic (exact) mass is 480 g/mol. The van der Waals surface area contributed by atoms with E-state index in [0.717, 1.165) is 0 Å². The number of carboxylic acid groups (broad SMARTS) is 1. The number of anilines is 1. The number of carbonyl (C=O) groups is 2. The van der Waals surface area contributed by atoms with Crippen LogP contribution in [-0.4, -0.2) is 51.7 Å². The molecule has 11 heteroatoms. The van der Waals surface area contributed by atoms with Gasteiger partial charge in [-0.2, -0.15) is 0 Å². The number of hydrogen-bond donors (Lipinski definition) is 2. The molecule has 2 heterocycles. The summed E-state index contributed by atoms with van der Waals surface area (Å²) in [6.07, 6.45) is 1.53. The van der Waals surface area contributed by atoms with Crippen molar-refractivity contribution in [3.8, 4) is 28.8 Å². The number of methoxy groups -OCH3 is 2. The van der Waals surface area contributed by atoms with Crippen LogP contribution in [-0.2, 0) is 4.79 Å². The number of nitrogens with one attached hydrogen (secondary N) is 1. The molecule has 0 aliphatic heterocycles. The van der Waals surface area contributed by atoms with Crippen LogP contribution >= 0.6 is 11.8 Å². The molecule has 0 saturated heterocycles. The molecule has 4 rings (SSSR count). The molecule has 34 heavy (non-hydrogen) atoms. The summed E-state index contributed by atoms with van der Waals surface area (Å²) in [6, 6.07) is 14.7. The molecule has 10 nitrogen and oxygen atoms in total. The molecule has 4 aromatic rings. The minimum absolute atomic E-state index is 0.0310. The maximum atomic E-state index is 12.5. The fraction of sp³-hybridized carbons (Fsp3) is 0.130. The first-order valence-electron chi connectivity index (χ1n) is 9.98. The van der Waals surface area contributed by atoms with E-state index in [-0.39, 0.29) is 17.2 Å². The van der Waals surface area contributed by atoms with E-state index in [1.54, 1.807) is 49.1 Å². The molecule has 0 aliphatic carbocycles. The normalized spacial score (nSPS) is 10.6. The molecule has 2 N–H and O–H groups in total. The maximum absolute atomic E-state index is 12.5. The number of carboxylic acids is 1. The molecule has 0 atom stereocenters. The van der Waals surface area contributed by atoms with Gasteiger partial charge in [-0.1, -0.05) is 11.8 Å². The number of nitrogens with zero attached hydrogens (tertiary/aromatic N) is 3. The molecule has 0 saturated carbocycles. The quantitative estimate of drug-likeness (QED) is 0.342. The highest BCUT2D eigenvalue weighted by molar-refractivity contribution is 7.99. The standard InChI is InChI=1S/C23H20N4O6S/c1-31-16-9-10-18(32-2)17(12-16)27-21(19-4-3-11-33-19)25-26-23(27)34-13-20(28)24-15-7-5-14(6-8-15)22(29)30/h3-12H,13H2,1-2H3,(H,24,28)(H,29,30). The van der Waals surface area contributed by atoms with E-state index in [4.69, 9.17) is 19.0 Å². The summed E-state index contributed by atoms with van der Waals surface area (Å²) < 4.78 is 18.2. The highest BCUT2D eigenvalue weighted by Crippen LogP contribution is 2.35. The number of carbonyl (C=O) groups excluding carboxylic acids is 1.